The number of rotatable bonds is 5. The Morgan fingerprint density at radius 3 is 2.45 bits per heavy atom. The van der Waals surface area contributed by atoms with Crippen molar-refractivity contribution in [3.05, 3.63) is 0 Å². The highest BCUT2D eigenvalue weighted by Gasteiger charge is 2.54. The second-order valence-corrected chi connectivity index (χ2v) is 11.9. The van der Waals surface area contributed by atoms with Gasteiger partial charge in [-0.3, -0.25) is 4.79 Å². The van der Waals surface area contributed by atoms with Gasteiger partial charge in [-0.05, 0) is 38.6 Å². The highest BCUT2D eigenvalue weighted by Crippen LogP contribution is 2.34. The molecule has 1 atom stereocenters. The lowest BCUT2D eigenvalue weighted by Crippen LogP contribution is -2.71. The van der Waals surface area contributed by atoms with Crippen LogP contribution in [-0.2, 0) is 24.1 Å². The van der Waals surface area contributed by atoms with Gasteiger partial charge in [-0.25, -0.2) is 8.42 Å². The first-order valence-corrected chi connectivity index (χ1v) is 13.0. The lowest BCUT2D eigenvalue weighted by molar-refractivity contribution is -0.166. The minimum absolute atomic E-state index is 0.0459. The van der Waals surface area contributed by atoms with Crippen molar-refractivity contribution >= 4 is 15.7 Å². The lowest BCUT2D eigenvalue weighted by Gasteiger charge is -2.52. The van der Waals surface area contributed by atoms with Gasteiger partial charge in [0.1, 0.15) is 5.60 Å². The molecule has 3 heterocycles. The number of sulfone groups is 1. The zero-order valence-electron chi connectivity index (χ0n) is 17.7. The summed E-state index contributed by atoms with van der Waals surface area (Å²) in [6.07, 6.45) is 8.52. The van der Waals surface area contributed by atoms with Crippen LogP contribution < -0.4 is 0 Å². The van der Waals surface area contributed by atoms with Gasteiger partial charge in [-0.15, -0.1) is 0 Å². The van der Waals surface area contributed by atoms with E-state index in [0.29, 0.717) is 38.0 Å². The summed E-state index contributed by atoms with van der Waals surface area (Å²) >= 11 is 0. The van der Waals surface area contributed by atoms with E-state index >= 15 is 0 Å². The van der Waals surface area contributed by atoms with E-state index in [1.54, 1.807) is 4.90 Å². The fourth-order valence-electron chi connectivity index (χ4n) is 5.39. The predicted octanol–water partition coefficient (Wildman–Crippen LogP) is 1.46. The van der Waals surface area contributed by atoms with Crippen LogP contribution in [0.4, 0.5) is 0 Å². The topological polar surface area (TPSA) is 76.2 Å². The van der Waals surface area contributed by atoms with Crippen molar-refractivity contribution in [1.29, 1.82) is 0 Å². The summed E-state index contributed by atoms with van der Waals surface area (Å²) in [6, 6.07) is 0.497. The maximum absolute atomic E-state index is 13.0. The van der Waals surface area contributed by atoms with Crippen LogP contribution >= 0.6 is 0 Å². The van der Waals surface area contributed by atoms with Gasteiger partial charge in [0, 0.05) is 32.2 Å². The van der Waals surface area contributed by atoms with Gasteiger partial charge in [0.15, 0.2) is 9.84 Å². The number of hydrogen-bond donors (Lipinski definition) is 0. The van der Waals surface area contributed by atoms with Crippen molar-refractivity contribution in [2.24, 2.45) is 5.92 Å². The third-order valence-corrected chi connectivity index (χ3v) is 9.58. The summed E-state index contributed by atoms with van der Waals surface area (Å²) in [6.45, 7) is 3.11. The SMILES string of the molecule is CN(C[C@H]1COC2(CN(C(=O)CC3CCOCC3)C2)CS1(=O)=O)C1CCCCC1. The van der Waals surface area contributed by atoms with E-state index in [4.69, 9.17) is 9.47 Å². The molecule has 0 aromatic rings. The second kappa shape index (κ2) is 8.81. The van der Waals surface area contributed by atoms with Crippen molar-refractivity contribution < 1.29 is 22.7 Å². The summed E-state index contributed by atoms with van der Waals surface area (Å²) in [5, 5.41) is -0.452. The van der Waals surface area contributed by atoms with Gasteiger partial charge in [-0.1, -0.05) is 19.3 Å². The number of amides is 1. The quantitative estimate of drug-likeness (QED) is 0.660. The Morgan fingerprint density at radius 2 is 1.79 bits per heavy atom. The largest absolute Gasteiger partial charge is 0.381 e. The summed E-state index contributed by atoms with van der Waals surface area (Å²) in [7, 11) is -1.17. The smallest absolute Gasteiger partial charge is 0.223 e. The standard InChI is InChI=1S/C21H36N2O5S/c1-22(18-5-3-2-4-6-18)12-19-13-28-21(16-29(19,25)26)14-23(15-21)20(24)11-17-7-9-27-10-8-17/h17-19H,2-16H2,1H3/t19-/m0/s1. The number of carbonyl (C=O) groups is 1. The van der Waals surface area contributed by atoms with Gasteiger partial charge >= 0.3 is 0 Å². The Labute approximate surface area is 175 Å². The molecule has 0 bridgehead atoms. The molecule has 4 fully saturated rings. The third kappa shape index (κ3) is 4.97. The highest BCUT2D eigenvalue weighted by molar-refractivity contribution is 7.92. The molecule has 0 unspecified atom stereocenters. The van der Waals surface area contributed by atoms with Crippen LogP contribution in [0.1, 0.15) is 51.4 Å². The average molecular weight is 429 g/mol. The molecule has 1 aliphatic carbocycles. The summed E-state index contributed by atoms with van der Waals surface area (Å²) in [5.41, 5.74) is -0.677. The molecule has 29 heavy (non-hydrogen) atoms. The molecular weight excluding hydrogens is 392 g/mol. The number of hydrogen-bond acceptors (Lipinski definition) is 6. The molecule has 8 heteroatoms. The first kappa shape index (κ1) is 21.5. The van der Waals surface area contributed by atoms with Crippen LogP contribution in [0.5, 0.6) is 0 Å². The monoisotopic (exact) mass is 428 g/mol. The predicted molar refractivity (Wildman–Crippen MR) is 111 cm³/mol. The van der Waals surface area contributed by atoms with E-state index < -0.39 is 20.7 Å². The molecule has 1 spiro atoms. The summed E-state index contributed by atoms with van der Waals surface area (Å²) in [5.74, 6) is 0.565. The Hall–Kier alpha value is -0.700. The Balaban J connectivity index is 1.26. The third-order valence-electron chi connectivity index (χ3n) is 7.35. The molecule has 4 aliphatic rings. The van der Waals surface area contributed by atoms with Gasteiger partial charge in [-0.2, -0.15) is 0 Å². The zero-order valence-corrected chi connectivity index (χ0v) is 18.5. The van der Waals surface area contributed by atoms with Crippen LogP contribution in [0.25, 0.3) is 0 Å². The van der Waals surface area contributed by atoms with E-state index in [0.717, 1.165) is 38.9 Å². The van der Waals surface area contributed by atoms with Crippen LogP contribution in [-0.4, -0.2) is 93.3 Å². The van der Waals surface area contributed by atoms with Gasteiger partial charge in [0.2, 0.25) is 5.91 Å². The van der Waals surface area contributed by atoms with Crippen LogP contribution in [0.2, 0.25) is 0 Å². The molecule has 3 aliphatic heterocycles. The number of ether oxygens (including phenoxy) is 2. The first-order chi connectivity index (χ1) is 13.9. The maximum Gasteiger partial charge on any atom is 0.223 e. The molecule has 1 saturated carbocycles. The molecule has 0 aromatic carbocycles. The van der Waals surface area contributed by atoms with E-state index in [9.17, 15) is 13.2 Å². The summed E-state index contributed by atoms with van der Waals surface area (Å²) < 4.78 is 37.4. The van der Waals surface area contributed by atoms with Crippen molar-refractivity contribution in [2.45, 2.75) is 68.3 Å². The average Bonchev–Trinajstić information content (AvgIpc) is 2.68. The molecule has 166 valence electrons. The molecule has 0 N–H and O–H groups in total. The van der Waals surface area contributed by atoms with E-state index in [-0.39, 0.29) is 18.3 Å². The van der Waals surface area contributed by atoms with Crippen LogP contribution in [0.3, 0.4) is 0 Å². The van der Waals surface area contributed by atoms with E-state index in [1.807, 2.05) is 0 Å². The van der Waals surface area contributed by atoms with E-state index in [2.05, 4.69) is 11.9 Å². The Morgan fingerprint density at radius 1 is 1.10 bits per heavy atom. The fraction of sp³-hybridized carbons (Fsp3) is 0.952. The van der Waals surface area contributed by atoms with E-state index in [1.165, 1.54) is 19.3 Å². The molecule has 4 rings (SSSR count). The normalized spacial score (nSPS) is 30.4. The molecular formula is C21H36N2O5S. The van der Waals surface area contributed by atoms with Crippen LogP contribution in [0, 0.1) is 5.92 Å². The lowest BCUT2D eigenvalue weighted by atomic mass is 9.91. The minimum atomic E-state index is -3.22. The maximum atomic E-state index is 13.0. The van der Waals surface area contributed by atoms with Crippen LogP contribution in [0.15, 0.2) is 0 Å². The highest BCUT2D eigenvalue weighted by atomic mass is 32.2. The van der Waals surface area contributed by atoms with Gasteiger partial charge < -0.3 is 19.3 Å². The molecule has 0 radical (unpaired) electrons. The zero-order chi connectivity index (χ0) is 20.5. The molecule has 7 nitrogen and oxygen atoms in total. The number of likely N-dealkylation sites (tertiary alicyclic amines) is 1. The molecule has 1 amide bonds. The fourth-order valence-corrected chi connectivity index (χ4v) is 7.37. The minimum Gasteiger partial charge on any atom is -0.381 e. The van der Waals surface area contributed by atoms with Crippen molar-refractivity contribution in [2.75, 3.05) is 52.3 Å². The Bertz CT molecular complexity index is 679. The second-order valence-electron chi connectivity index (χ2n) is 9.66. The van der Waals surface area contributed by atoms with Gasteiger partial charge in [0.05, 0.1) is 30.7 Å². The summed E-state index contributed by atoms with van der Waals surface area (Å²) in [4.78, 5) is 16.5. The number of carbonyl (C=O) groups excluding carboxylic acids is 1. The molecule has 0 aromatic heterocycles. The van der Waals surface area contributed by atoms with Crippen molar-refractivity contribution in [3.8, 4) is 0 Å². The van der Waals surface area contributed by atoms with Gasteiger partial charge in [0.25, 0.3) is 0 Å². The van der Waals surface area contributed by atoms with Crippen molar-refractivity contribution in [1.82, 2.24) is 9.80 Å². The first-order valence-electron chi connectivity index (χ1n) is 11.3. The van der Waals surface area contributed by atoms with Crippen molar-refractivity contribution in [3.63, 3.8) is 0 Å². The Kier molecular flexibility index (Phi) is 6.54. The number of nitrogens with zero attached hydrogens (tertiary/aromatic N) is 2. The molecule has 3 saturated heterocycles.